The van der Waals surface area contributed by atoms with Crippen molar-refractivity contribution in [3.63, 3.8) is 0 Å². The van der Waals surface area contributed by atoms with E-state index in [1.807, 2.05) is 0 Å². The van der Waals surface area contributed by atoms with E-state index in [1.165, 1.54) is 0 Å². The van der Waals surface area contributed by atoms with Gasteiger partial charge < -0.3 is 11.5 Å². The molecule has 0 aromatic carbocycles. The first kappa shape index (κ1) is 7.46. The van der Waals surface area contributed by atoms with Gasteiger partial charge in [-0.2, -0.15) is 0 Å². The second-order valence-electron chi connectivity index (χ2n) is 2.01. The van der Waals surface area contributed by atoms with Gasteiger partial charge in [0.1, 0.15) is 17.3 Å². The second kappa shape index (κ2) is 2.53. The summed E-state index contributed by atoms with van der Waals surface area (Å²) >= 11 is 0. The number of aromatic nitrogens is 1. The molecular formula is C6H7FN4. The quantitative estimate of drug-likeness (QED) is 0.395. The fourth-order valence-corrected chi connectivity index (χ4v) is 0.680. The third kappa shape index (κ3) is 1.43. The van der Waals surface area contributed by atoms with Gasteiger partial charge in [0.15, 0.2) is 0 Å². The Bertz CT molecular complexity index is 297. The van der Waals surface area contributed by atoms with Gasteiger partial charge in [0.2, 0.25) is 0 Å². The van der Waals surface area contributed by atoms with Crippen molar-refractivity contribution >= 4 is 11.5 Å². The van der Waals surface area contributed by atoms with Crippen LogP contribution in [0.15, 0.2) is 12.3 Å². The Balaban J connectivity index is 3.20. The highest BCUT2D eigenvalue weighted by Gasteiger charge is 2.03. The van der Waals surface area contributed by atoms with Gasteiger partial charge in [-0.3, -0.25) is 5.41 Å². The van der Waals surface area contributed by atoms with Crippen LogP contribution in [0.5, 0.6) is 0 Å². The van der Waals surface area contributed by atoms with Crippen LogP contribution in [0, 0.1) is 11.2 Å². The predicted octanol–water partition coefficient (Wildman–Crippen LogP) is 0.0870. The smallest absolute Gasteiger partial charge is 0.143 e. The molecule has 0 spiro atoms. The van der Waals surface area contributed by atoms with Gasteiger partial charge in [-0.15, -0.1) is 0 Å². The zero-order valence-electron chi connectivity index (χ0n) is 5.63. The van der Waals surface area contributed by atoms with Gasteiger partial charge >= 0.3 is 0 Å². The highest BCUT2D eigenvalue weighted by Crippen LogP contribution is 2.08. The molecule has 11 heavy (non-hydrogen) atoms. The maximum Gasteiger partial charge on any atom is 0.143 e. The standard InChI is InChI=1S/C6H7FN4/c7-3-1-4(8)5(6(9)10)11-2-3/h1-2H,8H2,(H3,9,10). The number of nitrogens with zero attached hydrogens (tertiary/aromatic N) is 1. The molecule has 0 aliphatic heterocycles. The summed E-state index contributed by atoms with van der Waals surface area (Å²) in [5, 5.41) is 6.96. The first-order valence-corrected chi connectivity index (χ1v) is 2.86. The number of hydrogen-bond acceptors (Lipinski definition) is 3. The summed E-state index contributed by atoms with van der Waals surface area (Å²) < 4.78 is 12.4. The van der Waals surface area contributed by atoms with E-state index in [0.717, 1.165) is 12.3 Å². The third-order valence-electron chi connectivity index (χ3n) is 1.14. The summed E-state index contributed by atoms with van der Waals surface area (Å²) in [5.41, 5.74) is 10.6. The molecule has 0 saturated carbocycles. The summed E-state index contributed by atoms with van der Waals surface area (Å²) in [6.07, 6.45) is 0.965. The lowest BCUT2D eigenvalue weighted by molar-refractivity contribution is 0.622. The number of rotatable bonds is 1. The maximum atomic E-state index is 12.4. The Hall–Kier alpha value is -1.65. The molecule has 0 unspecified atom stereocenters. The minimum absolute atomic E-state index is 0.0810. The van der Waals surface area contributed by atoms with Gasteiger partial charge in [-0.05, 0) is 0 Å². The topological polar surface area (TPSA) is 88.8 Å². The minimum atomic E-state index is -0.535. The fourth-order valence-electron chi connectivity index (χ4n) is 0.680. The van der Waals surface area contributed by atoms with Crippen molar-refractivity contribution in [2.75, 3.05) is 5.73 Å². The molecule has 0 fully saturated rings. The lowest BCUT2D eigenvalue weighted by atomic mass is 10.3. The Morgan fingerprint density at radius 1 is 1.64 bits per heavy atom. The number of nitrogen functional groups attached to an aromatic ring is 2. The van der Waals surface area contributed by atoms with Crippen molar-refractivity contribution in [1.82, 2.24) is 4.98 Å². The molecule has 5 N–H and O–H groups in total. The first-order chi connectivity index (χ1) is 5.11. The molecule has 0 amide bonds. The van der Waals surface area contributed by atoms with Gasteiger partial charge in [-0.25, -0.2) is 9.37 Å². The Morgan fingerprint density at radius 2 is 2.27 bits per heavy atom. The van der Waals surface area contributed by atoms with Gasteiger partial charge in [0, 0.05) is 6.07 Å². The van der Waals surface area contributed by atoms with Crippen LogP contribution in [0.25, 0.3) is 0 Å². The normalized spacial score (nSPS) is 9.55. The molecule has 0 saturated heterocycles. The van der Waals surface area contributed by atoms with Crippen molar-refractivity contribution in [2.45, 2.75) is 0 Å². The Kier molecular flexibility index (Phi) is 1.72. The van der Waals surface area contributed by atoms with Crippen LogP contribution in [0.3, 0.4) is 0 Å². The van der Waals surface area contributed by atoms with Crippen molar-refractivity contribution in [2.24, 2.45) is 5.73 Å². The Morgan fingerprint density at radius 3 is 2.73 bits per heavy atom. The molecule has 0 bridgehead atoms. The molecule has 0 aliphatic rings. The van der Waals surface area contributed by atoms with E-state index in [4.69, 9.17) is 16.9 Å². The molecule has 1 aromatic rings. The largest absolute Gasteiger partial charge is 0.397 e. The SMILES string of the molecule is N=C(N)c1ncc(F)cc1N. The monoisotopic (exact) mass is 154 g/mol. The maximum absolute atomic E-state index is 12.4. The van der Waals surface area contributed by atoms with Gasteiger partial charge in [0.25, 0.3) is 0 Å². The van der Waals surface area contributed by atoms with Gasteiger partial charge in [0.05, 0.1) is 11.9 Å². The molecule has 1 aromatic heterocycles. The second-order valence-corrected chi connectivity index (χ2v) is 2.01. The fraction of sp³-hybridized carbons (Fsp3) is 0. The van der Waals surface area contributed by atoms with Crippen molar-refractivity contribution < 1.29 is 4.39 Å². The van der Waals surface area contributed by atoms with E-state index < -0.39 is 5.82 Å². The number of nitrogens with two attached hydrogens (primary N) is 2. The van der Waals surface area contributed by atoms with Crippen LogP contribution in [-0.2, 0) is 0 Å². The van der Waals surface area contributed by atoms with E-state index in [-0.39, 0.29) is 17.2 Å². The third-order valence-corrected chi connectivity index (χ3v) is 1.14. The molecule has 58 valence electrons. The first-order valence-electron chi connectivity index (χ1n) is 2.86. The van der Waals surface area contributed by atoms with Crippen molar-refractivity contribution in [3.05, 3.63) is 23.8 Å². The Labute approximate surface area is 62.5 Å². The van der Waals surface area contributed by atoms with E-state index >= 15 is 0 Å². The van der Waals surface area contributed by atoms with E-state index in [1.54, 1.807) is 0 Å². The molecular weight excluding hydrogens is 147 g/mol. The van der Waals surface area contributed by atoms with Crippen molar-refractivity contribution in [3.8, 4) is 0 Å². The number of amidine groups is 1. The average Bonchev–Trinajstić information content (AvgIpc) is 1.85. The number of halogens is 1. The molecule has 0 radical (unpaired) electrons. The highest BCUT2D eigenvalue weighted by atomic mass is 19.1. The van der Waals surface area contributed by atoms with Crippen LogP contribution in [0.2, 0.25) is 0 Å². The van der Waals surface area contributed by atoms with Crippen LogP contribution in [-0.4, -0.2) is 10.8 Å². The highest BCUT2D eigenvalue weighted by molar-refractivity contribution is 5.97. The molecule has 4 nitrogen and oxygen atoms in total. The molecule has 5 heteroatoms. The molecule has 0 atom stereocenters. The average molecular weight is 154 g/mol. The van der Waals surface area contributed by atoms with Crippen molar-refractivity contribution in [1.29, 1.82) is 5.41 Å². The number of pyridine rings is 1. The lowest BCUT2D eigenvalue weighted by Gasteiger charge is -2.00. The minimum Gasteiger partial charge on any atom is -0.397 e. The molecule has 0 aliphatic carbocycles. The summed E-state index contributed by atoms with van der Waals surface area (Å²) in [5.74, 6) is -0.796. The van der Waals surface area contributed by atoms with E-state index in [0.29, 0.717) is 0 Å². The lowest BCUT2D eigenvalue weighted by Crippen LogP contribution is -2.15. The zero-order chi connectivity index (χ0) is 8.43. The van der Waals surface area contributed by atoms with Crippen LogP contribution >= 0.6 is 0 Å². The predicted molar refractivity (Wildman–Crippen MR) is 39.6 cm³/mol. The van der Waals surface area contributed by atoms with E-state index in [9.17, 15) is 4.39 Å². The van der Waals surface area contributed by atoms with Gasteiger partial charge in [-0.1, -0.05) is 0 Å². The van der Waals surface area contributed by atoms with Crippen LogP contribution < -0.4 is 11.5 Å². The van der Waals surface area contributed by atoms with Crippen LogP contribution in [0.1, 0.15) is 5.69 Å². The summed E-state index contributed by atoms with van der Waals surface area (Å²) in [4.78, 5) is 3.53. The summed E-state index contributed by atoms with van der Waals surface area (Å²) in [6, 6.07) is 1.07. The zero-order valence-corrected chi connectivity index (χ0v) is 5.63. The number of nitrogens with one attached hydrogen (secondary N) is 1. The van der Waals surface area contributed by atoms with Crippen LogP contribution in [0.4, 0.5) is 10.1 Å². The number of hydrogen-bond donors (Lipinski definition) is 3. The van der Waals surface area contributed by atoms with E-state index in [2.05, 4.69) is 4.98 Å². The molecule has 1 rings (SSSR count). The number of anilines is 1. The molecule has 1 heterocycles. The summed E-state index contributed by atoms with van der Waals surface area (Å²) in [6.45, 7) is 0. The summed E-state index contributed by atoms with van der Waals surface area (Å²) in [7, 11) is 0.